The third-order valence-corrected chi connectivity index (χ3v) is 4.04. The van der Waals surface area contributed by atoms with Crippen molar-refractivity contribution in [3.05, 3.63) is 65.7 Å². The number of anilines is 1. The van der Waals surface area contributed by atoms with E-state index in [-0.39, 0.29) is 11.8 Å². The highest BCUT2D eigenvalue weighted by molar-refractivity contribution is 5.88. The lowest BCUT2D eigenvalue weighted by Crippen LogP contribution is -2.24. The van der Waals surface area contributed by atoms with E-state index in [1.165, 1.54) is 12.5 Å². The van der Waals surface area contributed by atoms with E-state index in [0.29, 0.717) is 18.9 Å². The number of carbonyl (C=O) groups is 2. The number of hydrogen-bond donors (Lipinski definition) is 2. The van der Waals surface area contributed by atoms with Crippen molar-refractivity contribution in [3.8, 4) is 0 Å². The first-order valence-electron chi connectivity index (χ1n) is 8.70. The molecule has 0 aliphatic carbocycles. The molecular weight excluding hydrogens is 312 g/mol. The van der Waals surface area contributed by atoms with E-state index in [9.17, 15) is 9.59 Å². The molecule has 0 fully saturated rings. The minimum atomic E-state index is -0.103. The molecule has 0 radical (unpaired) electrons. The Morgan fingerprint density at radius 3 is 2.44 bits per heavy atom. The quantitative estimate of drug-likeness (QED) is 0.766. The summed E-state index contributed by atoms with van der Waals surface area (Å²) in [6.07, 6.45) is 2.52. The second-order valence-electron chi connectivity index (χ2n) is 6.49. The van der Waals surface area contributed by atoms with Crippen LogP contribution in [0.2, 0.25) is 0 Å². The molecule has 4 nitrogen and oxygen atoms in total. The van der Waals surface area contributed by atoms with Gasteiger partial charge >= 0.3 is 0 Å². The van der Waals surface area contributed by atoms with Crippen molar-refractivity contribution in [3.63, 3.8) is 0 Å². The van der Waals surface area contributed by atoms with E-state index in [0.717, 1.165) is 24.1 Å². The fourth-order valence-corrected chi connectivity index (χ4v) is 2.71. The molecule has 0 aliphatic heterocycles. The van der Waals surface area contributed by atoms with Crippen LogP contribution in [-0.2, 0) is 22.6 Å². The second kappa shape index (κ2) is 9.62. The molecular formula is C21H26N2O2. The molecule has 0 aliphatic rings. The fraction of sp³-hybridized carbons (Fsp3) is 0.333. The third kappa shape index (κ3) is 7.21. The maximum absolute atomic E-state index is 12.1. The van der Waals surface area contributed by atoms with Gasteiger partial charge in [0.15, 0.2) is 0 Å². The average molecular weight is 338 g/mol. The Bertz CT molecular complexity index is 698. The number of carbonyl (C=O) groups excluding carboxylic acids is 2. The van der Waals surface area contributed by atoms with E-state index in [1.807, 2.05) is 42.5 Å². The van der Waals surface area contributed by atoms with Crippen LogP contribution < -0.4 is 10.6 Å². The highest BCUT2D eigenvalue weighted by atomic mass is 16.2. The first-order valence-corrected chi connectivity index (χ1v) is 8.70. The SMILES string of the molecule is CC(=O)Nc1cccc(CNC(=O)C[C@@H](C)CCc2ccccc2)c1. The maximum atomic E-state index is 12.1. The maximum Gasteiger partial charge on any atom is 0.221 e. The lowest BCUT2D eigenvalue weighted by molar-refractivity contribution is -0.122. The zero-order chi connectivity index (χ0) is 18.1. The van der Waals surface area contributed by atoms with Gasteiger partial charge in [-0.3, -0.25) is 9.59 Å². The predicted octanol–water partition coefficient (Wildman–Crippen LogP) is 3.92. The Labute approximate surface area is 149 Å². The predicted molar refractivity (Wildman–Crippen MR) is 101 cm³/mol. The van der Waals surface area contributed by atoms with Gasteiger partial charge < -0.3 is 10.6 Å². The minimum absolute atomic E-state index is 0.0606. The van der Waals surface area contributed by atoms with E-state index < -0.39 is 0 Å². The summed E-state index contributed by atoms with van der Waals surface area (Å²) < 4.78 is 0. The Hall–Kier alpha value is -2.62. The van der Waals surface area contributed by atoms with Gasteiger partial charge in [-0.2, -0.15) is 0 Å². The molecule has 2 N–H and O–H groups in total. The molecule has 0 saturated carbocycles. The standard InChI is InChI=1S/C21H26N2O2/c1-16(11-12-18-7-4-3-5-8-18)13-21(25)22-15-19-9-6-10-20(14-19)23-17(2)24/h3-10,14,16H,11-13,15H2,1-2H3,(H,22,25)(H,23,24)/t16-/m0/s1. The summed E-state index contributed by atoms with van der Waals surface area (Å²) >= 11 is 0. The number of rotatable bonds is 8. The van der Waals surface area contributed by atoms with Crippen LogP contribution in [0.15, 0.2) is 54.6 Å². The monoisotopic (exact) mass is 338 g/mol. The van der Waals surface area contributed by atoms with Crippen molar-refractivity contribution in [2.45, 2.75) is 39.7 Å². The Morgan fingerprint density at radius 2 is 1.72 bits per heavy atom. The van der Waals surface area contributed by atoms with Gasteiger partial charge in [-0.05, 0) is 42.0 Å². The van der Waals surface area contributed by atoms with Gasteiger partial charge in [0.25, 0.3) is 0 Å². The van der Waals surface area contributed by atoms with Crippen molar-refractivity contribution < 1.29 is 9.59 Å². The molecule has 0 unspecified atom stereocenters. The second-order valence-corrected chi connectivity index (χ2v) is 6.49. The number of aryl methyl sites for hydroxylation is 1. The smallest absolute Gasteiger partial charge is 0.221 e. The van der Waals surface area contributed by atoms with E-state index in [1.54, 1.807) is 0 Å². The molecule has 132 valence electrons. The van der Waals surface area contributed by atoms with Crippen LogP contribution in [0.3, 0.4) is 0 Å². The molecule has 4 heteroatoms. The van der Waals surface area contributed by atoms with Crippen LogP contribution in [0, 0.1) is 5.92 Å². The molecule has 0 saturated heterocycles. The van der Waals surface area contributed by atoms with Crippen LogP contribution in [0.1, 0.15) is 37.8 Å². The average Bonchev–Trinajstić information content (AvgIpc) is 2.59. The van der Waals surface area contributed by atoms with E-state index in [4.69, 9.17) is 0 Å². The minimum Gasteiger partial charge on any atom is -0.352 e. The lowest BCUT2D eigenvalue weighted by Gasteiger charge is -2.12. The van der Waals surface area contributed by atoms with Crippen molar-refractivity contribution in [2.75, 3.05) is 5.32 Å². The van der Waals surface area contributed by atoms with E-state index >= 15 is 0 Å². The largest absolute Gasteiger partial charge is 0.352 e. The van der Waals surface area contributed by atoms with Gasteiger partial charge in [0.2, 0.25) is 11.8 Å². The molecule has 1 atom stereocenters. The van der Waals surface area contributed by atoms with Crippen LogP contribution in [0.5, 0.6) is 0 Å². The summed E-state index contributed by atoms with van der Waals surface area (Å²) in [4.78, 5) is 23.2. The summed E-state index contributed by atoms with van der Waals surface area (Å²) in [6.45, 7) is 4.06. The molecule has 0 bridgehead atoms. The summed E-state index contributed by atoms with van der Waals surface area (Å²) in [6, 6.07) is 17.9. The summed E-state index contributed by atoms with van der Waals surface area (Å²) in [5, 5.41) is 5.70. The van der Waals surface area contributed by atoms with Crippen molar-refractivity contribution >= 4 is 17.5 Å². The Morgan fingerprint density at radius 1 is 1.00 bits per heavy atom. The Kier molecular flexibility index (Phi) is 7.20. The summed E-state index contributed by atoms with van der Waals surface area (Å²) in [5.74, 6) is 0.296. The van der Waals surface area contributed by atoms with Crippen LogP contribution in [-0.4, -0.2) is 11.8 Å². The van der Waals surface area contributed by atoms with Crippen LogP contribution in [0.4, 0.5) is 5.69 Å². The number of nitrogens with one attached hydrogen (secondary N) is 2. The highest BCUT2D eigenvalue weighted by Crippen LogP contribution is 2.13. The molecule has 2 rings (SSSR count). The first-order chi connectivity index (χ1) is 12.0. The van der Waals surface area contributed by atoms with Crippen molar-refractivity contribution in [1.82, 2.24) is 5.32 Å². The normalized spacial score (nSPS) is 11.6. The van der Waals surface area contributed by atoms with Crippen molar-refractivity contribution in [2.24, 2.45) is 5.92 Å². The molecule has 2 aromatic carbocycles. The summed E-state index contributed by atoms with van der Waals surface area (Å²) in [7, 11) is 0. The number of hydrogen-bond acceptors (Lipinski definition) is 2. The lowest BCUT2D eigenvalue weighted by atomic mass is 9.98. The number of benzene rings is 2. The highest BCUT2D eigenvalue weighted by Gasteiger charge is 2.09. The third-order valence-electron chi connectivity index (χ3n) is 4.04. The van der Waals surface area contributed by atoms with Crippen LogP contribution >= 0.6 is 0 Å². The topological polar surface area (TPSA) is 58.2 Å². The van der Waals surface area contributed by atoms with Gasteiger partial charge in [0.05, 0.1) is 0 Å². The molecule has 2 aromatic rings. The zero-order valence-electron chi connectivity index (χ0n) is 14.9. The zero-order valence-corrected chi connectivity index (χ0v) is 14.9. The molecule has 0 heterocycles. The molecule has 0 aromatic heterocycles. The van der Waals surface area contributed by atoms with Gasteiger partial charge in [0.1, 0.15) is 0 Å². The van der Waals surface area contributed by atoms with Gasteiger partial charge in [-0.15, -0.1) is 0 Å². The van der Waals surface area contributed by atoms with Crippen molar-refractivity contribution in [1.29, 1.82) is 0 Å². The Balaban J connectivity index is 1.73. The molecule has 25 heavy (non-hydrogen) atoms. The fourth-order valence-electron chi connectivity index (χ4n) is 2.71. The molecule has 2 amide bonds. The van der Waals surface area contributed by atoms with Gasteiger partial charge in [-0.25, -0.2) is 0 Å². The van der Waals surface area contributed by atoms with E-state index in [2.05, 4.69) is 29.7 Å². The molecule has 0 spiro atoms. The van der Waals surface area contributed by atoms with Gasteiger partial charge in [-0.1, -0.05) is 49.4 Å². The number of amides is 2. The van der Waals surface area contributed by atoms with Gasteiger partial charge in [0, 0.05) is 25.6 Å². The van der Waals surface area contributed by atoms with Crippen LogP contribution in [0.25, 0.3) is 0 Å². The summed E-state index contributed by atoms with van der Waals surface area (Å²) in [5.41, 5.74) is 3.02. The first kappa shape index (κ1) is 18.7.